The summed E-state index contributed by atoms with van der Waals surface area (Å²) in [6, 6.07) is 0. The molecule has 0 fully saturated rings. The Hall–Kier alpha value is -1.72. The number of halogens is 24. The molecule has 0 radical (unpaired) electrons. The fourth-order valence-corrected chi connectivity index (χ4v) is 2.50. The predicted octanol–water partition coefficient (Wildman–Crippen LogP) is 7.76. The van der Waals surface area contributed by atoms with Gasteiger partial charge in [0.1, 0.15) is 0 Å². The minimum Gasteiger partial charge on any atom is -0.242 e. The van der Waals surface area contributed by atoms with Crippen LogP contribution in [-0.4, -0.2) is 66.0 Å². The van der Waals surface area contributed by atoms with E-state index < -0.39 is 66.0 Å². The van der Waals surface area contributed by atoms with Gasteiger partial charge in [-0.05, 0) is 0 Å². The second kappa shape index (κ2) is 8.14. The van der Waals surface area contributed by atoms with E-state index in [9.17, 15) is 105 Å². The van der Waals surface area contributed by atoms with Gasteiger partial charge < -0.3 is 0 Å². The predicted molar refractivity (Wildman–Crippen MR) is 57.7 cm³/mol. The Bertz CT molecular complexity index is 774. The molecule has 36 heavy (non-hydrogen) atoms. The van der Waals surface area contributed by atoms with Crippen molar-refractivity contribution < 1.29 is 110 Å². The summed E-state index contributed by atoms with van der Waals surface area (Å²) >= 11 is 0. The van der Waals surface area contributed by atoms with Gasteiger partial charge >= 0.3 is 60.4 Å². The molecule has 0 saturated carbocycles. The first-order valence-corrected chi connectivity index (χ1v) is 7.19. The van der Waals surface area contributed by atoms with E-state index in [4.69, 9.17) is 0 Å². The molecule has 0 aromatic heterocycles. The monoisotopic (exact) mass is 604 g/mol. The first-order chi connectivity index (χ1) is 15.0. The molecule has 0 aliphatic rings. The van der Waals surface area contributed by atoms with Gasteiger partial charge in [0.2, 0.25) is 0 Å². The van der Waals surface area contributed by atoms with Crippen molar-refractivity contribution in [3.8, 4) is 0 Å². The van der Waals surface area contributed by atoms with Crippen molar-refractivity contribution in [1.82, 2.24) is 0 Å². The molecule has 3 atom stereocenters. The number of ether oxygens (including phenoxy) is 1. The fourth-order valence-electron chi connectivity index (χ4n) is 2.50. The van der Waals surface area contributed by atoms with Crippen molar-refractivity contribution >= 4 is 0 Å². The zero-order valence-corrected chi connectivity index (χ0v) is 15.0. The smallest absolute Gasteiger partial charge is 0.242 e. The van der Waals surface area contributed by atoms with Crippen molar-refractivity contribution in [2.75, 3.05) is 0 Å². The molecule has 0 heterocycles. The van der Waals surface area contributed by atoms with E-state index in [2.05, 4.69) is 0 Å². The highest BCUT2D eigenvalue weighted by Gasteiger charge is 3.06. The lowest BCUT2D eigenvalue weighted by atomic mass is 9.65. The maximum absolute atomic E-state index is 14.9. The Morgan fingerprint density at radius 3 is 0.722 bits per heavy atom. The number of hydrogen-bond acceptors (Lipinski definition) is 1. The summed E-state index contributed by atoms with van der Waals surface area (Å²) in [5, 5.41) is 0. The Balaban J connectivity index is 8.92. The quantitative estimate of drug-likeness (QED) is 0.292. The molecular weight excluding hydrogens is 604 g/mol. The van der Waals surface area contributed by atoms with Gasteiger partial charge in [0.25, 0.3) is 5.67 Å². The van der Waals surface area contributed by atoms with Crippen LogP contribution in [0.4, 0.5) is 105 Å². The van der Waals surface area contributed by atoms with E-state index in [1.807, 2.05) is 0 Å². The van der Waals surface area contributed by atoms with Gasteiger partial charge in [-0.1, -0.05) is 0 Å². The third-order valence-electron chi connectivity index (χ3n) is 3.97. The van der Waals surface area contributed by atoms with Crippen LogP contribution < -0.4 is 0 Å². The number of hydrogen-bond donors (Lipinski definition) is 0. The van der Waals surface area contributed by atoms with Gasteiger partial charge in [-0.2, -0.15) is 79.0 Å². The largest absolute Gasteiger partial charge is 0.525 e. The van der Waals surface area contributed by atoms with E-state index in [0.717, 1.165) is 0 Å². The SMILES string of the molecule is FC(F)(F)OC(F)(C(F)(F)F)C(F)(C(F)(C(F)(F)F)C(F)(F)F)C(F)(C(F)(F)F)C(F)(F)C(F)(F)F. The summed E-state index contributed by atoms with van der Waals surface area (Å²) in [7, 11) is 0. The third kappa shape index (κ3) is 4.34. The second-order valence-electron chi connectivity index (χ2n) is 6.18. The molecule has 0 saturated heterocycles. The van der Waals surface area contributed by atoms with Gasteiger partial charge in [0.05, 0.1) is 0 Å². The van der Waals surface area contributed by atoms with Crippen molar-refractivity contribution in [3.05, 3.63) is 0 Å². The minimum atomic E-state index is -10.5. The zero-order chi connectivity index (χ0) is 30.2. The average molecular weight is 604 g/mol. The molecule has 0 amide bonds. The van der Waals surface area contributed by atoms with Gasteiger partial charge in [-0.3, -0.25) is 0 Å². The highest BCUT2D eigenvalue weighted by atomic mass is 19.5. The lowest BCUT2D eigenvalue weighted by Crippen LogP contribution is -2.89. The minimum absolute atomic E-state index is 0.693. The lowest BCUT2D eigenvalue weighted by Gasteiger charge is -2.54. The summed E-state index contributed by atoms with van der Waals surface area (Å²) in [5.74, 6) is -19.2. The third-order valence-corrected chi connectivity index (χ3v) is 3.97. The fraction of sp³-hybridized carbons (Fsp3) is 1.00. The Kier molecular flexibility index (Phi) is 7.75. The summed E-state index contributed by atoms with van der Waals surface area (Å²) in [6.07, 6.45) is -53.7. The van der Waals surface area contributed by atoms with Crippen molar-refractivity contribution in [2.24, 2.45) is 0 Å². The highest BCUT2D eigenvalue weighted by molar-refractivity contribution is 5.31. The summed E-state index contributed by atoms with van der Waals surface area (Å²) in [4.78, 5) is 0. The van der Waals surface area contributed by atoms with E-state index in [1.165, 1.54) is 0 Å². The number of alkyl halides is 24. The molecule has 1 nitrogen and oxygen atoms in total. The van der Waals surface area contributed by atoms with Gasteiger partial charge in [-0.25, -0.2) is 17.9 Å². The highest BCUT2D eigenvalue weighted by Crippen LogP contribution is 2.72. The topological polar surface area (TPSA) is 9.23 Å². The second-order valence-corrected chi connectivity index (χ2v) is 6.18. The molecule has 0 bridgehead atoms. The van der Waals surface area contributed by atoms with Crippen LogP contribution in [0.3, 0.4) is 0 Å². The van der Waals surface area contributed by atoms with E-state index >= 15 is 0 Å². The molecular formula is C11F24O. The molecule has 0 aliphatic heterocycles. The van der Waals surface area contributed by atoms with Crippen LogP contribution >= 0.6 is 0 Å². The van der Waals surface area contributed by atoms with E-state index in [0.29, 0.717) is 4.74 Å². The molecule has 3 unspecified atom stereocenters. The van der Waals surface area contributed by atoms with Crippen molar-refractivity contribution in [1.29, 1.82) is 0 Å². The Labute approximate surface area is 177 Å². The Morgan fingerprint density at radius 2 is 0.556 bits per heavy atom. The van der Waals surface area contributed by atoms with Crippen LogP contribution in [-0.2, 0) is 4.74 Å². The maximum Gasteiger partial charge on any atom is 0.525 e. The molecule has 0 aromatic carbocycles. The molecule has 0 aromatic rings. The molecule has 25 heteroatoms. The molecule has 218 valence electrons. The van der Waals surface area contributed by atoms with E-state index in [-0.39, 0.29) is 0 Å². The van der Waals surface area contributed by atoms with Crippen LogP contribution in [0, 0.1) is 0 Å². The lowest BCUT2D eigenvalue weighted by molar-refractivity contribution is -0.540. The van der Waals surface area contributed by atoms with Gasteiger partial charge in [0, 0.05) is 0 Å². The van der Waals surface area contributed by atoms with Crippen LogP contribution in [0.1, 0.15) is 0 Å². The van der Waals surface area contributed by atoms with Crippen molar-refractivity contribution in [2.45, 2.75) is 66.0 Å². The summed E-state index contributed by atoms with van der Waals surface area (Å²) in [6.45, 7) is 0. The average Bonchev–Trinajstić information content (AvgIpc) is 2.52. The van der Waals surface area contributed by atoms with Crippen LogP contribution in [0.5, 0.6) is 0 Å². The molecule has 0 N–H and O–H groups in total. The first kappa shape index (κ1) is 34.3. The van der Waals surface area contributed by atoms with Gasteiger partial charge in [0.15, 0.2) is 0 Å². The van der Waals surface area contributed by atoms with E-state index in [1.54, 1.807) is 0 Å². The number of rotatable bonds is 5. The molecule has 0 spiro atoms. The standard InChI is InChI=1S/C11F24O/c12-1(3(14,7(21,22)23)8(24,25)26,5(17,10(30,31)32)36-11(33,34)35)2(13,6(18,19)20)4(15,16)9(27,28)29. The summed E-state index contributed by atoms with van der Waals surface area (Å²) < 4.78 is 313. The normalized spacial score (nSPS) is 21.0. The van der Waals surface area contributed by atoms with Crippen LogP contribution in [0.15, 0.2) is 0 Å². The maximum atomic E-state index is 14.9. The molecule has 0 rings (SSSR count). The first-order valence-electron chi connectivity index (χ1n) is 7.19. The molecule has 0 aliphatic carbocycles. The van der Waals surface area contributed by atoms with Crippen molar-refractivity contribution in [3.63, 3.8) is 0 Å². The van der Waals surface area contributed by atoms with Gasteiger partial charge in [-0.15, -0.1) is 13.2 Å². The zero-order valence-electron chi connectivity index (χ0n) is 15.0. The van der Waals surface area contributed by atoms with Crippen LogP contribution in [0.25, 0.3) is 0 Å². The Morgan fingerprint density at radius 1 is 0.278 bits per heavy atom. The summed E-state index contributed by atoms with van der Waals surface area (Å²) in [5.41, 5.74) is -30.6. The van der Waals surface area contributed by atoms with Crippen LogP contribution in [0.2, 0.25) is 0 Å².